The maximum atomic E-state index is 14.1. The van der Waals surface area contributed by atoms with Crippen LogP contribution >= 0.6 is 15.9 Å². The number of ether oxygens (including phenoxy) is 2. The first kappa shape index (κ1) is 15.8. The van der Waals surface area contributed by atoms with Crippen LogP contribution in [0.25, 0.3) is 0 Å². The van der Waals surface area contributed by atoms with Gasteiger partial charge >= 0.3 is 0 Å². The smallest absolute Gasteiger partial charge is 0.180 e. The minimum atomic E-state index is -0.454. The second-order valence-electron chi connectivity index (χ2n) is 4.48. The number of benzene rings is 2. The molecule has 0 spiro atoms. The fourth-order valence-electron chi connectivity index (χ4n) is 1.76. The summed E-state index contributed by atoms with van der Waals surface area (Å²) in [5.41, 5.74) is 6.22. The summed E-state index contributed by atoms with van der Waals surface area (Å²) in [7, 11) is 0. The fraction of sp³-hybridized carbons (Fsp3) is 0.250. The summed E-state index contributed by atoms with van der Waals surface area (Å²) in [5.74, 6) is 1.01. The zero-order valence-electron chi connectivity index (χ0n) is 11.7. The molecule has 112 valence electrons. The van der Waals surface area contributed by atoms with Gasteiger partial charge in [-0.25, -0.2) is 4.39 Å². The summed E-state index contributed by atoms with van der Waals surface area (Å²) in [6.07, 6.45) is 0.949. The van der Waals surface area contributed by atoms with Crippen LogP contribution < -0.4 is 15.2 Å². The summed E-state index contributed by atoms with van der Waals surface area (Å²) in [4.78, 5) is 0. The van der Waals surface area contributed by atoms with Gasteiger partial charge in [0, 0.05) is 6.54 Å². The Bertz CT molecular complexity index is 602. The number of nitrogens with two attached hydrogens (primary N) is 1. The third-order valence-corrected chi connectivity index (χ3v) is 3.73. The third kappa shape index (κ3) is 3.95. The van der Waals surface area contributed by atoms with Crippen LogP contribution in [0.1, 0.15) is 18.9 Å². The molecule has 0 amide bonds. The summed E-state index contributed by atoms with van der Waals surface area (Å²) in [6, 6.07) is 10.4. The zero-order valence-corrected chi connectivity index (χ0v) is 13.3. The van der Waals surface area contributed by atoms with Crippen molar-refractivity contribution in [1.82, 2.24) is 0 Å². The van der Waals surface area contributed by atoms with Gasteiger partial charge in [0.1, 0.15) is 11.5 Å². The molecule has 0 radical (unpaired) electrons. The predicted molar refractivity (Wildman–Crippen MR) is 84.3 cm³/mol. The Morgan fingerprint density at radius 3 is 2.38 bits per heavy atom. The van der Waals surface area contributed by atoms with Crippen molar-refractivity contribution in [3.8, 4) is 17.2 Å². The molecule has 0 unspecified atom stereocenters. The molecule has 2 N–H and O–H groups in total. The van der Waals surface area contributed by atoms with E-state index in [-0.39, 0.29) is 12.3 Å². The average Bonchev–Trinajstić information content (AvgIpc) is 2.51. The highest BCUT2D eigenvalue weighted by Gasteiger charge is 2.12. The SMILES string of the molecule is CCCOc1ccc(Oc2ccc(CN)c(Br)c2F)cc1. The lowest BCUT2D eigenvalue weighted by atomic mass is 10.2. The minimum Gasteiger partial charge on any atom is -0.494 e. The largest absolute Gasteiger partial charge is 0.494 e. The predicted octanol–water partition coefficient (Wildman–Crippen LogP) is 4.63. The second kappa shape index (κ2) is 7.43. The lowest BCUT2D eigenvalue weighted by molar-refractivity contribution is 0.317. The van der Waals surface area contributed by atoms with E-state index in [1.807, 2.05) is 6.92 Å². The summed E-state index contributed by atoms with van der Waals surface area (Å²) >= 11 is 3.19. The standard InChI is InChI=1S/C16H17BrFNO2/c1-2-9-20-12-4-6-13(7-5-12)21-14-8-3-11(10-19)15(17)16(14)18/h3-8H,2,9-10,19H2,1H3. The molecule has 2 aromatic carbocycles. The van der Waals surface area contributed by atoms with Gasteiger partial charge in [0.25, 0.3) is 0 Å². The molecule has 0 aromatic heterocycles. The maximum Gasteiger partial charge on any atom is 0.180 e. The Kier molecular flexibility index (Phi) is 5.59. The van der Waals surface area contributed by atoms with Crippen molar-refractivity contribution in [2.24, 2.45) is 5.73 Å². The van der Waals surface area contributed by atoms with Gasteiger partial charge in [-0.05, 0) is 58.2 Å². The molecule has 21 heavy (non-hydrogen) atoms. The number of hydrogen-bond donors (Lipinski definition) is 1. The van der Waals surface area contributed by atoms with Crippen molar-refractivity contribution in [2.45, 2.75) is 19.9 Å². The molecule has 0 saturated heterocycles. The van der Waals surface area contributed by atoms with E-state index in [0.29, 0.717) is 22.4 Å². The van der Waals surface area contributed by atoms with E-state index >= 15 is 0 Å². The molecule has 0 heterocycles. The van der Waals surface area contributed by atoms with Crippen LogP contribution in [0.15, 0.2) is 40.9 Å². The van der Waals surface area contributed by atoms with Crippen LogP contribution in [0.5, 0.6) is 17.2 Å². The van der Waals surface area contributed by atoms with Gasteiger partial charge in [0.05, 0.1) is 11.1 Å². The minimum absolute atomic E-state index is 0.154. The van der Waals surface area contributed by atoms with Crippen molar-refractivity contribution < 1.29 is 13.9 Å². The molecule has 5 heteroatoms. The molecule has 3 nitrogen and oxygen atoms in total. The van der Waals surface area contributed by atoms with Gasteiger partial charge in [0.15, 0.2) is 11.6 Å². The highest BCUT2D eigenvalue weighted by molar-refractivity contribution is 9.10. The second-order valence-corrected chi connectivity index (χ2v) is 5.27. The molecule has 0 fully saturated rings. The van der Waals surface area contributed by atoms with Gasteiger partial charge in [-0.1, -0.05) is 13.0 Å². The molecular formula is C16H17BrFNO2. The highest BCUT2D eigenvalue weighted by atomic mass is 79.9. The van der Waals surface area contributed by atoms with Crippen molar-refractivity contribution in [3.63, 3.8) is 0 Å². The fourth-order valence-corrected chi connectivity index (χ4v) is 2.25. The van der Waals surface area contributed by atoms with Gasteiger partial charge in [-0.3, -0.25) is 0 Å². The van der Waals surface area contributed by atoms with E-state index in [1.54, 1.807) is 36.4 Å². The molecule has 0 atom stereocenters. The monoisotopic (exact) mass is 353 g/mol. The van der Waals surface area contributed by atoms with Gasteiger partial charge < -0.3 is 15.2 Å². The summed E-state index contributed by atoms with van der Waals surface area (Å²) in [5, 5.41) is 0. The van der Waals surface area contributed by atoms with E-state index in [2.05, 4.69) is 15.9 Å². The molecule has 0 saturated carbocycles. The first-order chi connectivity index (χ1) is 10.2. The van der Waals surface area contributed by atoms with Crippen LogP contribution in [0, 0.1) is 5.82 Å². The Morgan fingerprint density at radius 1 is 1.10 bits per heavy atom. The average molecular weight is 354 g/mol. The van der Waals surface area contributed by atoms with E-state index < -0.39 is 5.82 Å². The number of rotatable bonds is 6. The first-order valence-electron chi connectivity index (χ1n) is 6.73. The van der Waals surface area contributed by atoms with Crippen molar-refractivity contribution in [1.29, 1.82) is 0 Å². The van der Waals surface area contributed by atoms with Crippen molar-refractivity contribution in [3.05, 3.63) is 52.3 Å². The zero-order chi connectivity index (χ0) is 15.2. The molecular weight excluding hydrogens is 337 g/mol. The molecule has 0 aliphatic heterocycles. The lowest BCUT2D eigenvalue weighted by Crippen LogP contribution is -2.00. The Morgan fingerprint density at radius 2 is 1.76 bits per heavy atom. The van der Waals surface area contributed by atoms with Crippen molar-refractivity contribution >= 4 is 15.9 Å². The van der Waals surface area contributed by atoms with Crippen LogP contribution in [-0.2, 0) is 6.54 Å². The Balaban J connectivity index is 2.13. The van der Waals surface area contributed by atoms with Crippen LogP contribution in [0.2, 0.25) is 0 Å². The maximum absolute atomic E-state index is 14.1. The summed E-state index contributed by atoms with van der Waals surface area (Å²) in [6.45, 7) is 2.98. The third-order valence-electron chi connectivity index (χ3n) is 2.87. The van der Waals surface area contributed by atoms with E-state index in [1.165, 1.54) is 0 Å². The molecule has 0 bridgehead atoms. The number of halogens is 2. The topological polar surface area (TPSA) is 44.5 Å². The quantitative estimate of drug-likeness (QED) is 0.823. The molecule has 0 aliphatic carbocycles. The van der Waals surface area contributed by atoms with Gasteiger partial charge in [0.2, 0.25) is 0 Å². The van der Waals surface area contributed by atoms with Gasteiger partial charge in [-0.2, -0.15) is 0 Å². The van der Waals surface area contributed by atoms with Crippen molar-refractivity contribution in [2.75, 3.05) is 6.61 Å². The number of hydrogen-bond acceptors (Lipinski definition) is 3. The normalized spacial score (nSPS) is 10.5. The molecule has 2 rings (SSSR count). The van der Waals surface area contributed by atoms with E-state index in [9.17, 15) is 4.39 Å². The van der Waals surface area contributed by atoms with Crippen LogP contribution in [-0.4, -0.2) is 6.61 Å². The van der Waals surface area contributed by atoms with Gasteiger partial charge in [-0.15, -0.1) is 0 Å². The molecule has 2 aromatic rings. The first-order valence-corrected chi connectivity index (χ1v) is 7.52. The molecule has 0 aliphatic rings. The highest BCUT2D eigenvalue weighted by Crippen LogP contribution is 2.32. The lowest BCUT2D eigenvalue weighted by Gasteiger charge is -2.11. The van der Waals surface area contributed by atoms with Crippen LogP contribution in [0.3, 0.4) is 0 Å². The van der Waals surface area contributed by atoms with E-state index in [4.69, 9.17) is 15.2 Å². The van der Waals surface area contributed by atoms with Crippen LogP contribution in [0.4, 0.5) is 4.39 Å². The Labute approximate surface area is 132 Å². The Hall–Kier alpha value is -1.59. The summed E-state index contributed by atoms with van der Waals surface area (Å²) < 4.78 is 25.5. The van der Waals surface area contributed by atoms with E-state index in [0.717, 1.165) is 12.2 Å².